The SMILES string of the molecule is CC1(C)CCN(c2ccc(C=CC(=O)O)cc2)C1. The van der Waals surface area contributed by atoms with Crippen molar-refractivity contribution in [2.24, 2.45) is 5.41 Å². The van der Waals surface area contributed by atoms with Crippen LogP contribution >= 0.6 is 0 Å². The van der Waals surface area contributed by atoms with Gasteiger partial charge in [0.1, 0.15) is 0 Å². The third-order valence-corrected chi connectivity index (χ3v) is 3.35. The second kappa shape index (κ2) is 4.84. The molecule has 0 aliphatic carbocycles. The largest absolute Gasteiger partial charge is 0.478 e. The molecule has 2 rings (SSSR count). The van der Waals surface area contributed by atoms with Crippen molar-refractivity contribution in [3.8, 4) is 0 Å². The van der Waals surface area contributed by atoms with Gasteiger partial charge < -0.3 is 10.0 Å². The molecule has 0 spiro atoms. The summed E-state index contributed by atoms with van der Waals surface area (Å²) >= 11 is 0. The molecule has 1 aromatic carbocycles. The highest BCUT2D eigenvalue weighted by Gasteiger charge is 2.28. The van der Waals surface area contributed by atoms with E-state index in [0.29, 0.717) is 5.41 Å². The number of nitrogens with zero attached hydrogens (tertiary/aromatic N) is 1. The number of anilines is 1. The van der Waals surface area contributed by atoms with Crippen molar-refractivity contribution in [3.63, 3.8) is 0 Å². The van der Waals surface area contributed by atoms with Crippen LogP contribution in [0.25, 0.3) is 6.08 Å². The fourth-order valence-corrected chi connectivity index (χ4v) is 2.30. The number of aliphatic carboxylic acids is 1. The van der Waals surface area contributed by atoms with Crippen LogP contribution in [0.1, 0.15) is 25.8 Å². The topological polar surface area (TPSA) is 40.5 Å². The van der Waals surface area contributed by atoms with E-state index in [1.54, 1.807) is 6.08 Å². The van der Waals surface area contributed by atoms with E-state index >= 15 is 0 Å². The van der Waals surface area contributed by atoms with Crippen LogP contribution in [-0.2, 0) is 4.79 Å². The summed E-state index contributed by atoms with van der Waals surface area (Å²) in [5.74, 6) is -0.916. The first kappa shape index (κ1) is 12.7. The van der Waals surface area contributed by atoms with E-state index in [-0.39, 0.29) is 0 Å². The molecule has 1 aliphatic rings. The van der Waals surface area contributed by atoms with Crippen molar-refractivity contribution in [1.29, 1.82) is 0 Å². The summed E-state index contributed by atoms with van der Waals surface area (Å²) in [5, 5.41) is 8.56. The Labute approximate surface area is 108 Å². The number of hydrogen-bond acceptors (Lipinski definition) is 2. The van der Waals surface area contributed by atoms with Gasteiger partial charge in [-0.2, -0.15) is 0 Å². The van der Waals surface area contributed by atoms with E-state index in [1.165, 1.54) is 12.1 Å². The van der Waals surface area contributed by atoms with Gasteiger partial charge in [0.05, 0.1) is 0 Å². The van der Waals surface area contributed by atoms with E-state index in [0.717, 1.165) is 24.7 Å². The first-order chi connectivity index (χ1) is 8.46. The van der Waals surface area contributed by atoms with E-state index in [9.17, 15) is 4.79 Å². The average Bonchev–Trinajstić information content (AvgIpc) is 2.68. The summed E-state index contributed by atoms with van der Waals surface area (Å²) in [6, 6.07) is 8.03. The van der Waals surface area contributed by atoms with Gasteiger partial charge in [-0.05, 0) is 35.6 Å². The van der Waals surface area contributed by atoms with Crippen LogP contribution in [-0.4, -0.2) is 24.2 Å². The normalized spacial score (nSPS) is 18.4. The smallest absolute Gasteiger partial charge is 0.328 e. The average molecular weight is 245 g/mol. The molecule has 0 unspecified atom stereocenters. The Bertz CT molecular complexity index is 460. The molecule has 18 heavy (non-hydrogen) atoms. The Morgan fingerprint density at radius 2 is 2.00 bits per heavy atom. The predicted octanol–water partition coefficient (Wildman–Crippen LogP) is 3.02. The number of benzene rings is 1. The van der Waals surface area contributed by atoms with Crippen LogP contribution in [0.2, 0.25) is 0 Å². The third kappa shape index (κ3) is 3.13. The van der Waals surface area contributed by atoms with Gasteiger partial charge in [0.15, 0.2) is 0 Å². The molecule has 1 fully saturated rings. The lowest BCUT2D eigenvalue weighted by Crippen LogP contribution is -2.22. The van der Waals surface area contributed by atoms with Crippen LogP contribution in [0.15, 0.2) is 30.3 Å². The fourth-order valence-electron chi connectivity index (χ4n) is 2.30. The highest BCUT2D eigenvalue weighted by molar-refractivity contribution is 5.85. The number of carboxylic acid groups (broad SMARTS) is 1. The lowest BCUT2D eigenvalue weighted by Gasteiger charge is -2.21. The number of carboxylic acids is 1. The maximum absolute atomic E-state index is 10.4. The Balaban J connectivity index is 2.06. The lowest BCUT2D eigenvalue weighted by molar-refractivity contribution is -0.131. The molecule has 1 saturated heterocycles. The third-order valence-electron chi connectivity index (χ3n) is 3.35. The Morgan fingerprint density at radius 3 is 2.50 bits per heavy atom. The zero-order valence-electron chi connectivity index (χ0n) is 10.9. The van der Waals surface area contributed by atoms with Crippen molar-refractivity contribution in [2.75, 3.05) is 18.0 Å². The summed E-state index contributed by atoms with van der Waals surface area (Å²) in [6.45, 7) is 6.75. The minimum Gasteiger partial charge on any atom is -0.478 e. The molecule has 0 amide bonds. The maximum Gasteiger partial charge on any atom is 0.328 e. The summed E-state index contributed by atoms with van der Waals surface area (Å²) < 4.78 is 0. The van der Waals surface area contributed by atoms with E-state index in [4.69, 9.17) is 5.11 Å². The molecule has 1 N–H and O–H groups in total. The first-order valence-corrected chi connectivity index (χ1v) is 6.22. The van der Waals surface area contributed by atoms with Crippen LogP contribution in [0.4, 0.5) is 5.69 Å². The predicted molar refractivity (Wildman–Crippen MR) is 73.7 cm³/mol. The van der Waals surface area contributed by atoms with Gasteiger partial charge in [0.2, 0.25) is 0 Å². The lowest BCUT2D eigenvalue weighted by atomic mass is 9.93. The number of rotatable bonds is 3. The zero-order valence-corrected chi connectivity index (χ0v) is 10.9. The maximum atomic E-state index is 10.4. The Kier molecular flexibility index (Phi) is 3.41. The Morgan fingerprint density at radius 1 is 1.33 bits per heavy atom. The summed E-state index contributed by atoms with van der Waals surface area (Å²) in [6.07, 6.45) is 3.99. The van der Waals surface area contributed by atoms with E-state index in [1.807, 2.05) is 12.1 Å². The van der Waals surface area contributed by atoms with Gasteiger partial charge in [-0.25, -0.2) is 4.79 Å². The molecule has 1 aliphatic heterocycles. The van der Waals surface area contributed by atoms with Crippen LogP contribution in [0, 0.1) is 5.41 Å². The molecule has 0 saturated carbocycles. The van der Waals surface area contributed by atoms with Crippen LogP contribution < -0.4 is 4.90 Å². The molecule has 3 heteroatoms. The number of carbonyl (C=O) groups is 1. The molecule has 1 aromatic rings. The van der Waals surface area contributed by atoms with Crippen molar-refractivity contribution in [1.82, 2.24) is 0 Å². The van der Waals surface area contributed by atoms with Crippen molar-refractivity contribution >= 4 is 17.7 Å². The molecular weight excluding hydrogens is 226 g/mol. The van der Waals surface area contributed by atoms with Gasteiger partial charge in [0, 0.05) is 24.9 Å². The molecule has 0 atom stereocenters. The van der Waals surface area contributed by atoms with Gasteiger partial charge in [-0.15, -0.1) is 0 Å². The molecule has 0 aromatic heterocycles. The van der Waals surface area contributed by atoms with Crippen molar-refractivity contribution < 1.29 is 9.90 Å². The van der Waals surface area contributed by atoms with Gasteiger partial charge >= 0.3 is 5.97 Å². The quantitative estimate of drug-likeness (QED) is 0.832. The van der Waals surface area contributed by atoms with Crippen LogP contribution in [0.3, 0.4) is 0 Å². The van der Waals surface area contributed by atoms with E-state index in [2.05, 4.69) is 30.9 Å². The standard InChI is InChI=1S/C15H19NO2/c1-15(2)9-10-16(11-15)13-6-3-12(4-7-13)5-8-14(17)18/h3-8H,9-11H2,1-2H3,(H,17,18). The summed E-state index contributed by atoms with van der Waals surface area (Å²) in [5.41, 5.74) is 2.52. The van der Waals surface area contributed by atoms with Crippen molar-refractivity contribution in [3.05, 3.63) is 35.9 Å². The second-order valence-corrected chi connectivity index (χ2v) is 5.60. The number of hydrogen-bond donors (Lipinski definition) is 1. The van der Waals surface area contributed by atoms with Crippen molar-refractivity contribution in [2.45, 2.75) is 20.3 Å². The monoisotopic (exact) mass is 245 g/mol. The summed E-state index contributed by atoms with van der Waals surface area (Å²) in [4.78, 5) is 12.8. The van der Waals surface area contributed by atoms with Gasteiger partial charge in [0.25, 0.3) is 0 Å². The van der Waals surface area contributed by atoms with Gasteiger partial charge in [-0.1, -0.05) is 26.0 Å². The minimum atomic E-state index is -0.916. The second-order valence-electron chi connectivity index (χ2n) is 5.60. The molecule has 0 radical (unpaired) electrons. The molecule has 3 nitrogen and oxygen atoms in total. The molecule has 1 heterocycles. The Hall–Kier alpha value is -1.77. The fraction of sp³-hybridized carbons (Fsp3) is 0.400. The summed E-state index contributed by atoms with van der Waals surface area (Å²) in [7, 11) is 0. The molecule has 96 valence electrons. The van der Waals surface area contributed by atoms with E-state index < -0.39 is 5.97 Å². The highest BCUT2D eigenvalue weighted by Crippen LogP contribution is 2.32. The van der Waals surface area contributed by atoms with Crippen LogP contribution in [0.5, 0.6) is 0 Å². The first-order valence-electron chi connectivity index (χ1n) is 6.22. The highest BCUT2D eigenvalue weighted by atomic mass is 16.4. The molecular formula is C15H19NO2. The zero-order chi connectivity index (χ0) is 13.2. The minimum absolute atomic E-state index is 0.391. The molecule has 0 bridgehead atoms. The van der Waals surface area contributed by atoms with Gasteiger partial charge in [-0.3, -0.25) is 0 Å².